The number of amides is 1. The van der Waals surface area contributed by atoms with Gasteiger partial charge in [-0.2, -0.15) is 13.9 Å². The van der Waals surface area contributed by atoms with E-state index in [9.17, 15) is 13.6 Å². The molecule has 1 heterocycles. The van der Waals surface area contributed by atoms with Gasteiger partial charge in [0.15, 0.2) is 5.82 Å². The summed E-state index contributed by atoms with van der Waals surface area (Å²) in [5.41, 5.74) is 0.212. The highest BCUT2D eigenvalue weighted by Gasteiger charge is 2.10. The van der Waals surface area contributed by atoms with Crippen molar-refractivity contribution in [2.75, 3.05) is 5.32 Å². The van der Waals surface area contributed by atoms with Gasteiger partial charge in [0.2, 0.25) is 0 Å². The van der Waals surface area contributed by atoms with Crippen LogP contribution in [0.1, 0.15) is 10.4 Å². The zero-order chi connectivity index (χ0) is 13.8. The molecule has 0 atom stereocenters. The number of aryl methyl sites for hydroxylation is 1. The number of carbonyl (C=O) groups excluding carboxylic acids is 1. The molecule has 5 nitrogen and oxygen atoms in total. The van der Waals surface area contributed by atoms with Gasteiger partial charge in [0.1, 0.15) is 5.75 Å². The van der Waals surface area contributed by atoms with E-state index in [1.807, 2.05) is 0 Å². The molecule has 0 saturated heterocycles. The summed E-state index contributed by atoms with van der Waals surface area (Å²) in [5.74, 6) is -0.130. The van der Waals surface area contributed by atoms with E-state index >= 15 is 0 Å². The molecule has 1 aromatic heterocycles. The van der Waals surface area contributed by atoms with E-state index < -0.39 is 12.5 Å². The summed E-state index contributed by atoms with van der Waals surface area (Å²) in [6.07, 6.45) is 1.67. The minimum Gasteiger partial charge on any atom is -0.435 e. The maximum atomic E-state index is 12.1. The highest BCUT2D eigenvalue weighted by molar-refractivity contribution is 6.03. The van der Waals surface area contributed by atoms with Crippen LogP contribution < -0.4 is 10.1 Å². The van der Waals surface area contributed by atoms with Crippen molar-refractivity contribution in [1.29, 1.82) is 0 Å². The van der Waals surface area contributed by atoms with Crippen molar-refractivity contribution >= 4 is 11.7 Å². The second-order valence-corrected chi connectivity index (χ2v) is 3.74. The quantitative estimate of drug-likeness (QED) is 0.924. The zero-order valence-electron chi connectivity index (χ0n) is 10.0. The SMILES string of the molecule is Cn1ccc(NC(=O)c2cccc(OC(F)F)c2)n1. The summed E-state index contributed by atoms with van der Waals surface area (Å²) >= 11 is 0. The van der Waals surface area contributed by atoms with Crippen molar-refractivity contribution in [2.45, 2.75) is 6.61 Å². The Morgan fingerprint density at radius 1 is 1.42 bits per heavy atom. The Labute approximate surface area is 107 Å². The standard InChI is InChI=1S/C12H11F2N3O2/c1-17-6-5-10(16-17)15-11(18)8-3-2-4-9(7-8)19-12(13)14/h2-7,12H,1H3,(H,15,16,18). The van der Waals surface area contributed by atoms with Crippen molar-refractivity contribution in [3.63, 3.8) is 0 Å². The highest BCUT2D eigenvalue weighted by atomic mass is 19.3. The minimum absolute atomic E-state index is 0.0660. The van der Waals surface area contributed by atoms with Crippen LogP contribution >= 0.6 is 0 Å². The number of rotatable bonds is 4. The Morgan fingerprint density at radius 3 is 2.84 bits per heavy atom. The van der Waals surface area contributed by atoms with Crippen molar-refractivity contribution in [3.05, 3.63) is 42.1 Å². The molecule has 0 fully saturated rings. The Hall–Kier alpha value is -2.44. The summed E-state index contributed by atoms with van der Waals surface area (Å²) in [4.78, 5) is 11.9. The third kappa shape index (κ3) is 3.51. The van der Waals surface area contributed by atoms with Gasteiger partial charge in [-0.3, -0.25) is 9.48 Å². The number of hydrogen-bond donors (Lipinski definition) is 1. The lowest BCUT2D eigenvalue weighted by molar-refractivity contribution is -0.0498. The summed E-state index contributed by atoms with van der Waals surface area (Å²) < 4.78 is 29.9. The van der Waals surface area contributed by atoms with Crippen LogP contribution in [0.3, 0.4) is 0 Å². The molecule has 1 aromatic carbocycles. The number of benzene rings is 1. The maximum Gasteiger partial charge on any atom is 0.387 e. The highest BCUT2D eigenvalue weighted by Crippen LogP contribution is 2.16. The van der Waals surface area contributed by atoms with Gasteiger partial charge in [0.25, 0.3) is 5.91 Å². The van der Waals surface area contributed by atoms with Crippen LogP contribution in [-0.4, -0.2) is 22.3 Å². The molecule has 0 aliphatic heterocycles. The van der Waals surface area contributed by atoms with E-state index in [2.05, 4.69) is 15.2 Å². The van der Waals surface area contributed by atoms with Crippen LogP contribution in [0.25, 0.3) is 0 Å². The number of anilines is 1. The first-order valence-corrected chi connectivity index (χ1v) is 5.40. The van der Waals surface area contributed by atoms with Crippen LogP contribution in [0.4, 0.5) is 14.6 Å². The molecule has 1 N–H and O–H groups in total. The van der Waals surface area contributed by atoms with E-state index in [-0.39, 0.29) is 11.3 Å². The average molecular weight is 267 g/mol. The van der Waals surface area contributed by atoms with Gasteiger partial charge in [-0.1, -0.05) is 6.07 Å². The van der Waals surface area contributed by atoms with Crippen LogP contribution in [0.5, 0.6) is 5.75 Å². The van der Waals surface area contributed by atoms with Crippen molar-refractivity contribution in [2.24, 2.45) is 7.05 Å². The van der Waals surface area contributed by atoms with E-state index in [1.165, 1.54) is 28.9 Å². The monoisotopic (exact) mass is 267 g/mol. The van der Waals surface area contributed by atoms with E-state index in [1.54, 1.807) is 19.3 Å². The summed E-state index contributed by atoms with van der Waals surface area (Å²) in [6, 6.07) is 7.17. The molecule has 19 heavy (non-hydrogen) atoms. The Balaban J connectivity index is 2.10. The van der Waals surface area contributed by atoms with E-state index in [0.29, 0.717) is 5.82 Å². The number of aromatic nitrogens is 2. The first kappa shape index (κ1) is 13.0. The molecule has 0 spiro atoms. The normalized spacial score (nSPS) is 10.5. The summed E-state index contributed by atoms with van der Waals surface area (Å²) in [6.45, 7) is -2.92. The molecule has 0 unspecified atom stereocenters. The van der Waals surface area contributed by atoms with Crippen molar-refractivity contribution in [3.8, 4) is 5.75 Å². The van der Waals surface area contributed by atoms with Gasteiger partial charge in [0.05, 0.1) is 0 Å². The molecular formula is C12H11F2N3O2. The average Bonchev–Trinajstić information content (AvgIpc) is 2.74. The summed E-state index contributed by atoms with van der Waals surface area (Å²) in [7, 11) is 1.72. The zero-order valence-corrected chi connectivity index (χ0v) is 10.0. The van der Waals surface area contributed by atoms with Gasteiger partial charge in [0, 0.05) is 24.9 Å². The third-order valence-corrected chi connectivity index (χ3v) is 2.28. The minimum atomic E-state index is -2.92. The Bertz CT molecular complexity index is 584. The van der Waals surface area contributed by atoms with Gasteiger partial charge in [-0.05, 0) is 18.2 Å². The van der Waals surface area contributed by atoms with Gasteiger partial charge >= 0.3 is 6.61 Å². The van der Waals surface area contributed by atoms with Gasteiger partial charge < -0.3 is 10.1 Å². The number of carbonyl (C=O) groups is 1. The second-order valence-electron chi connectivity index (χ2n) is 3.74. The lowest BCUT2D eigenvalue weighted by Gasteiger charge is -2.06. The predicted molar refractivity (Wildman–Crippen MR) is 64.2 cm³/mol. The Morgan fingerprint density at radius 2 is 2.21 bits per heavy atom. The first-order chi connectivity index (χ1) is 9.04. The Kier molecular flexibility index (Phi) is 3.74. The lowest BCUT2D eigenvalue weighted by Crippen LogP contribution is -2.13. The van der Waals surface area contributed by atoms with Crippen LogP contribution in [0.2, 0.25) is 0 Å². The fourth-order valence-electron chi connectivity index (χ4n) is 1.48. The largest absolute Gasteiger partial charge is 0.435 e. The fourth-order valence-corrected chi connectivity index (χ4v) is 1.48. The molecule has 2 rings (SSSR count). The number of alkyl halides is 2. The molecule has 7 heteroatoms. The van der Waals surface area contributed by atoms with E-state index in [0.717, 1.165) is 0 Å². The topological polar surface area (TPSA) is 56.2 Å². The molecule has 0 aliphatic carbocycles. The second kappa shape index (κ2) is 5.47. The van der Waals surface area contributed by atoms with Gasteiger partial charge in [-0.15, -0.1) is 0 Å². The third-order valence-electron chi connectivity index (χ3n) is 2.28. The number of nitrogens with zero attached hydrogens (tertiary/aromatic N) is 2. The lowest BCUT2D eigenvalue weighted by atomic mass is 10.2. The van der Waals surface area contributed by atoms with Crippen LogP contribution in [0.15, 0.2) is 36.5 Å². The van der Waals surface area contributed by atoms with Crippen LogP contribution in [0, 0.1) is 0 Å². The smallest absolute Gasteiger partial charge is 0.387 e. The first-order valence-electron chi connectivity index (χ1n) is 5.40. The molecule has 100 valence electrons. The number of nitrogens with one attached hydrogen (secondary N) is 1. The van der Waals surface area contributed by atoms with Crippen molar-refractivity contribution < 1.29 is 18.3 Å². The molecule has 1 amide bonds. The molecule has 0 bridgehead atoms. The number of ether oxygens (including phenoxy) is 1. The molecule has 0 radical (unpaired) electrons. The van der Waals surface area contributed by atoms with Crippen molar-refractivity contribution in [1.82, 2.24) is 9.78 Å². The van der Waals surface area contributed by atoms with E-state index in [4.69, 9.17) is 0 Å². The predicted octanol–water partition coefficient (Wildman–Crippen LogP) is 2.27. The number of halogens is 2. The molecule has 0 aliphatic rings. The number of hydrogen-bond acceptors (Lipinski definition) is 3. The van der Waals surface area contributed by atoms with Crippen LogP contribution in [-0.2, 0) is 7.05 Å². The molecule has 0 saturated carbocycles. The fraction of sp³-hybridized carbons (Fsp3) is 0.167. The van der Waals surface area contributed by atoms with Gasteiger partial charge in [-0.25, -0.2) is 0 Å². The molecular weight excluding hydrogens is 256 g/mol. The summed E-state index contributed by atoms with van der Waals surface area (Å²) in [5, 5.41) is 6.53. The maximum absolute atomic E-state index is 12.1. The molecule has 2 aromatic rings.